The van der Waals surface area contributed by atoms with Crippen LogP contribution in [0.15, 0.2) is 72.9 Å². The molecule has 1 heterocycles. The van der Waals surface area contributed by atoms with Crippen molar-refractivity contribution in [3.8, 4) is 5.75 Å². The first kappa shape index (κ1) is 20.6. The lowest BCUT2D eigenvalue weighted by Crippen LogP contribution is -2.22. The minimum absolute atomic E-state index is 0.0979. The monoisotopic (exact) mass is 388 g/mol. The summed E-state index contributed by atoms with van der Waals surface area (Å²) in [5.74, 6) is 0.731. The second kappa shape index (κ2) is 11.0. The predicted octanol–water partition coefficient (Wildman–Crippen LogP) is 5.68. The van der Waals surface area contributed by atoms with Gasteiger partial charge in [0.25, 0.3) is 5.91 Å². The molecule has 3 rings (SSSR count). The molecule has 0 aliphatic rings. The van der Waals surface area contributed by atoms with Crippen molar-refractivity contribution < 1.29 is 9.53 Å². The molecule has 1 amide bonds. The molecule has 4 heteroatoms. The van der Waals surface area contributed by atoms with Crippen LogP contribution in [0, 0.1) is 0 Å². The van der Waals surface area contributed by atoms with Crippen LogP contribution in [0.25, 0.3) is 10.9 Å². The normalized spacial score (nSPS) is 11.1. The summed E-state index contributed by atoms with van der Waals surface area (Å²) in [5.41, 5.74) is 2.53. The summed E-state index contributed by atoms with van der Waals surface area (Å²) in [7, 11) is 0. The fourth-order valence-electron chi connectivity index (χ4n) is 3.05. The predicted molar refractivity (Wildman–Crippen MR) is 118 cm³/mol. The van der Waals surface area contributed by atoms with Crippen LogP contribution >= 0.6 is 0 Å². The first-order valence-electron chi connectivity index (χ1n) is 10.3. The summed E-state index contributed by atoms with van der Waals surface area (Å²) in [4.78, 5) is 16.8. The van der Waals surface area contributed by atoms with Crippen LogP contribution in [0.2, 0.25) is 0 Å². The molecule has 2 aromatic carbocycles. The number of carbonyl (C=O) groups excluding carboxylic acids is 1. The van der Waals surface area contributed by atoms with Crippen molar-refractivity contribution in [2.24, 2.45) is 0 Å². The van der Waals surface area contributed by atoms with Gasteiger partial charge in [-0.3, -0.25) is 9.78 Å². The number of aromatic nitrogens is 1. The highest BCUT2D eigenvalue weighted by atomic mass is 16.5. The fourth-order valence-corrected chi connectivity index (χ4v) is 3.05. The topological polar surface area (TPSA) is 51.2 Å². The van der Waals surface area contributed by atoms with E-state index in [0.717, 1.165) is 35.1 Å². The van der Waals surface area contributed by atoms with Crippen molar-refractivity contribution in [2.75, 3.05) is 6.61 Å². The number of unbranched alkanes of at least 4 members (excludes halogenated alkanes) is 2. The summed E-state index contributed by atoms with van der Waals surface area (Å²) in [5, 5.41) is 3.93. The van der Waals surface area contributed by atoms with Gasteiger partial charge in [0.1, 0.15) is 5.75 Å². The highest BCUT2D eigenvalue weighted by Crippen LogP contribution is 2.15. The number of amides is 1. The lowest BCUT2D eigenvalue weighted by molar-refractivity contribution is 0.0951. The smallest absolute Gasteiger partial charge is 0.251 e. The number of benzene rings is 2. The van der Waals surface area contributed by atoms with Gasteiger partial charge in [0, 0.05) is 23.7 Å². The molecule has 0 bridgehead atoms. The van der Waals surface area contributed by atoms with Gasteiger partial charge >= 0.3 is 0 Å². The molecule has 0 saturated heterocycles. The maximum Gasteiger partial charge on any atom is 0.251 e. The van der Waals surface area contributed by atoms with Crippen LogP contribution < -0.4 is 10.1 Å². The summed E-state index contributed by atoms with van der Waals surface area (Å²) in [6, 6.07) is 17.2. The summed E-state index contributed by atoms with van der Waals surface area (Å²) in [6.07, 6.45) is 10.7. The van der Waals surface area contributed by atoms with Crippen LogP contribution in [0.4, 0.5) is 0 Å². The number of nitrogens with one attached hydrogen (secondary N) is 1. The highest BCUT2D eigenvalue weighted by Gasteiger charge is 2.07. The van der Waals surface area contributed by atoms with Gasteiger partial charge in [0.2, 0.25) is 0 Å². The zero-order valence-electron chi connectivity index (χ0n) is 16.9. The number of carbonyl (C=O) groups is 1. The summed E-state index contributed by atoms with van der Waals surface area (Å²) < 4.78 is 5.82. The second-order valence-corrected chi connectivity index (χ2v) is 6.99. The maximum absolute atomic E-state index is 12.5. The molecule has 4 nitrogen and oxygen atoms in total. The van der Waals surface area contributed by atoms with Crippen LogP contribution in [-0.4, -0.2) is 17.5 Å². The standard InChI is InChI=1S/C25H28N2O2/c1-2-3-4-5-6-7-16-29-23-12-8-10-20(17-23)19-27-25(28)22-13-14-24-21(18-22)11-9-15-26-24/h5-6,8-15,17-18H,2-4,7,16,19H2,1H3,(H,27,28)/b6-5+. The molecule has 0 radical (unpaired) electrons. The van der Waals surface area contributed by atoms with Gasteiger partial charge in [0.15, 0.2) is 0 Å². The minimum Gasteiger partial charge on any atom is -0.493 e. The Morgan fingerprint density at radius 3 is 2.86 bits per heavy atom. The van der Waals surface area contributed by atoms with Gasteiger partial charge in [0.05, 0.1) is 12.1 Å². The molecule has 29 heavy (non-hydrogen) atoms. The Kier molecular flexibility index (Phi) is 7.81. The molecule has 1 N–H and O–H groups in total. The number of rotatable bonds is 10. The molecular weight excluding hydrogens is 360 g/mol. The molecular formula is C25H28N2O2. The molecule has 0 atom stereocenters. The molecule has 0 aliphatic carbocycles. The van der Waals surface area contributed by atoms with E-state index in [1.165, 1.54) is 12.8 Å². The summed E-state index contributed by atoms with van der Waals surface area (Å²) in [6.45, 7) is 3.31. The van der Waals surface area contributed by atoms with E-state index >= 15 is 0 Å². The third-order valence-corrected chi connectivity index (χ3v) is 4.66. The van der Waals surface area contributed by atoms with Crippen molar-refractivity contribution in [3.05, 3.63) is 84.1 Å². The molecule has 1 aromatic heterocycles. The van der Waals surface area contributed by atoms with Crippen molar-refractivity contribution >= 4 is 16.8 Å². The Hall–Kier alpha value is -3.14. The minimum atomic E-state index is -0.0979. The molecule has 0 aliphatic heterocycles. The van der Waals surface area contributed by atoms with E-state index in [1.807, 2.05) is 48.5 Å². The van der Waals surface area contributed by atoms with Gasteiger partial charge in [-0.25, -0.2) is 0 Å². The van der Waals surface area contributed by atoms with E-state index < -0.39 is 0 Å². The number of hydrogen-bond acceptors (Lipinski definition) is 3. The van der Waals surface area contributed by atoms with Crippen LogP contribution in [-0.2, 0) is 6.54 Å². The fraction of sp³-hybridized carbons (Fsp3) is 0.280. The van der Waals surface area contributed by atoms with Crippen molar-refractivity contribution in [2.45, 2.75) is 39.2 Å². The lowest BCUT2D eigenvalue weighted by Gasteiger charge is -2.09. The molecule has 0 fully saturated rings. The molecule has 0 spiro atoms. The Bertz CT molecular complexity index is 966. The first-order valence-corrected chi connectivity index (χ1v) is 10.3. The Morgan fingerprint density at radius 2 is 1.97 bits per heavy atom. The van der Waals surface area contributed by atoms with E-state index in [-0.39, 0.29) is 5.91 Å². The zero-order chi connectivity index (χ0) is 20.3. The van der Waals surface area contributed by atoms with E-state index in [1.54, 1.807) is 12.3 Å². The van der Waals surface area contributed by atoms with Gasteiger partial charge < -0.3 is 10.1 Å². The number of pyridine rings is 1. The van der Waals surface area contributed by atoms with E-state index in [4.69, 9.17) is 4.74 Å². The average Bonchev–Trinajstić information content (AvgIpc) is 2.77. The van der Waals surface area contributed by atoms with Crippen LogP contribution in [0.1, 0.15) is 48.5 Å². The Balaban J connectivity index is 1.49. The third-order valence-electron chi connectivity index (χ3n) is 4.66. The number of ether oxygens (including phenoxy) is 1. The van der Waals surface area contributed by atoms with Gasteiger partial charge in [-0.2, -0.15) is 0 Å². The quantitative estimate of drug-likeness (QED) is 0.359. The Labute approximate surface area is 172 Å². The largest absolute Gasteiger partial charge is 0.493 e. The van der Waals surface area contributed by atoms with Crippen LogP contribution in [0.3, 0.4) is 0 Å². The first-order chi connectivity index (χ1) is 14.3. The second-order valence-electron chi connectivity index (χ2n) is 6.99. The zero-order valence-corrected chi connectivity index (χ0v) is 16.9. The third kappa shape index (κ3) is 6.46. The molecule has 3 aromatic rings. The maximum atomic E-state index is 12.5. The van der Waals surface area contributed by atoms with Crippen molar-refractivity contribution in [3.63, 3.8) is 0 Å². The molecule has 0 unspecified atom stereocenters. The SMILES string of the molecule is CCCC/C=C/CCOc1cccc(CNC(=O)c2ccc3ncccc3c2)c1. The van der Waals surface area contributed by atoms with Gasteiger partial charge in [-0.05, 0) is 54.8 Å². The van der Waals surface area contributed by atoms with Gasteiger partial charge in [-0.1, -0.05) is 50.1 Å². The number of hydrogen-bond donors (Lipinski definition) is 1. The average molecular weight is 389 g/mol. The van der Waals surface area contributed by atoms with E-state index in [9.17, 15) is 4.79 Å². The lowest BCUT2D eigenvalue weighted by atomic mass is 10.1. The van der Waals surface area contributed by atoms with Crippen molar-refractivity contribution in [1.29, 1.82) is 0 Å². The number of allylic oxidation sites excluding steroid dienone is 1. The molecule has 150 valence electrons. The molecule has 0 saturated carbocycles. The number of nitrogens with zero attached hydrogens (tertiary/aromatic N) is 1. The Morgan fingerprint density at radius 1 is 1.07 bits per heavy atom. The van der Waals surface area contributed by atoms with Gasteiger partial charge in [-0.15, -0.1) is 0 Å². The highest BCUT2D eigenvalue weighted by molar-refractivity contribution is 5.97. The number of fused-ring (bicyclic) bond motifs is 1. The van der Waals surface area contributed by atoms with Crippen molar-refractivity contribution in [1.82, 2.24) is 10.3 Å². The summed E-state index contributed by atoms with van der Waals surface area (Å²) >= 11 is 0. The van der Waals surface area contributed by atoms with Crippen LogP contribution in [0.5, 0.6) is 5.75 Å². The van der Waals surface area contributed by atoms with E-state index in [2.05, 4.69) is 29.4 Å². The van der Waals surface area contributed by atoms with E-state index in [0.29, 0.717) is 18.7 Å².